The molecule has 6 heteroatoms. The van der Waals surface area contributed by atoms with E-state index in [-0.39, 0.29) is 5.75 Å². The predicted octanol–water partition coefficient (Wildman–Crippen LogP) is 3.69. The third-order valence-corrected chi connectivity index (χ3v) is 4.94. The van der Waals surface area contributed by atoms with Crippen LogP contribution in [0, 0.1) is 0 Å². The molecule has 2 rings (SSSR count). The Hall–Kier alpha value is -1.04. The monoisotopic (exact) mass is 311 g/mol. The van der Waals surface area contributed by atoms with Crippen molar-refractivity contribution in [2.45, 2.75) is 75.9 Å². The first-order chi connectivity index (χ1) is 10.2. The third kappa shape index (κ3) is 4.73. The maximum atomic E-state index is 10.8. The first kappa shape index (κ1) is 16.3. The van der Waals surface area contributed by atoms with Crippen LogP contribution in [-0.2, 0) is 11.3 Å². The van der Waals surface area contributed by atoms with E-state index in [2.05, 4.69) is 21.7 Å². The molecule has 0 saturated heterocycles. The van der Waals surface area contributed by atoms with E-state index in [4.69, 9.17) is 5.11 Å². The highest BCUT2D eigenvalue weighted by Crippen LogP contribution is 2.31. The predicted molar refractivity (Wildman–Crippen MR) is 83.7 cm³/mol. The molecule has 1 aromatic rings. The van der Waals surface area contributed by atoms with Gasteiger partial charge < -0.3 is 9.67 Å². The van der Waals surface area contributed by atoms with Crippen LogP contribution in [0.2, 0.25) is 0 Å². The van der Waals surface area contributed by atoms with Crippen molar-refractivity contribution in [3.8, 4) is 0 Å². The lowest BCUT2D eigenvalue weighted by Gasteiger charge is -2.20. The molecule has 1 saturated carbocycles. The van der Waals surface area contributed by atoms with Crippen LogP contribution in [0.4, 0.5) is 0 Å². The van der Waals surface area contributed by atoms with E-state index in [1.54, 1.807) is 0 Å². The fraction of sp³-hybridized carbons (Fsp3) is 0.800. The smallest absolute Gasteiger partial charge is 0.313 e. The summed E-state index contributed by atoms with van der Waals surface area (Å²) in [6.07, 6.45) is 9.91. The Balaban J connectivity index is 2.14. The zero-order chi connectivity index (χ0) is 15.1. The van der Waals surface area contributed by atoms with Crippen molar-refractivity contribution in [3.05, 3.63) is 5.82 Å². The molecule has 5 nitrogen and oxygen atoms in total. The van der Waals surface area contributed by atoms with Gasteiger partial charge in [-0.1, -0.05) is 50.8 Å². The average Bonchev–Trinajstić information content (AvgIpc) is 2.80. The van der Waals surface area contributed by atoms with Crippen molar-refractivity contribution in [2.24, 2.45) is 0 Å². The molecule has 0 aliphatic heterocycles. The van der Waals surface area contributed by atoms with Crippen LogP contribution >= 0.6 is 11.8 Å². The SMILES string of the molecule is CCCn1c(SCC(=O)O)nnc1C1CCCCCCC1. The van der Waals surface area contributed by atoms with E-state index in [1.807, 2.05) is 0 Å². The Morgan fingerprint density at radius 2 is 1.90 bits per heavy atom. The standard InChI is InChI=1S/C15H25N3O2S/c1-2-10-18-14(12-8-6-4-3-5-7-9-12)16-17-15(18)21-11-13(19)20/h12H,2-11H2,1H3,(H,19,20). The van der Waals surface area contributed by atoms with Gasteiger partial charge in [0, 0.05) is 12.5 Å². The highest BCUT2D eigenvalue weighted by Gasteiger charge is 2.22. The Labute approximate surface area is 130 Å². The van der Waals surface area contributed by atoms with Gasteiger partial charge in [-0.2, -0.15) is 0 Å². The second-order valence-electron chi connectivity index (χ2n) is 5.72. The molecule has 1 N–H and O–H groups in total. The van der Waals surface area contributed by atoms with Crippen molar-refractivity contribution in [1.29, 1.82) is 0 Å². The van der Waals surface area contributed by atoms with Crippen LogP contribution in [0.1, 0.15) is 70.0 Å². The van der Waals surface area contributed by atoms with Crippen LogP contribution in [-0.4, -0.2) is 31.6 Å². The zero-order valence-electron chi connectivity index (χ0n) is 12.8. The lowest BCUT2D eigenvalue weighted by Crippen LogP contribution is -2.12. The maximum absolute atomic E-state index is 10.8. The number of aliphatic carboxylic acids is 1. The second kappa shape index (κ2) is 8.41. The summed E-state index contributed by atoms with van der Waals surface area (Å²) in [5, 5.41) is 18.3. The van der Waals surface area contributed by atoms with Crippen LogP contribution < -0.4 is 0 Å². The van der Waals surface area contributed by atoms with Crippen molar-refractivity contribution in [3.63, 3.8) is 0 Å². The number of rotatable bonds is 6. The first-order valence-electron chi connectivity index (χ1n) is 8.00. The summed E-state index contributed by atoms with van der Waals surface area (Å²) >= 11 is 1.28. The van der Waals surface area contributed by atoms with Crippen LogP contribution in [0.15, 0.2) is 5.16 Å². The summed E-state index contributed by atoms with van der Waals surface area (Å²) in [6.45, 7) is 3.01. The van der Waals surface area contributed by atoms with Crippen molar-refractivity contribution < 1.29 is 9.90 Å². The van der Waals surface area contributed by atoms with E-state index in [9.17, 15) is 4.79 Å². The van der Waals surface area contributed by atoms with Gasteiger partial charge in [0.05, 0.1) is 5.75 Å². The molecule has 21 heavy (non-hydrogen) atoms. The summed E-state index contributed by atoms with van der Waals surface area (Å²) in [6, 6.07) is 0. The number of carbonyl (C=O) groups is 1. The Morgan fingerprint density at radius 3 is 2.52 bits per heavy atom. The molecule has 0 amide bonds. The number of hydrogen-bond donors (Lipinski definition) is 1. The minimum absolute atomic E-state index is 0.0481. The van der Waals surface area contributed by atoms with E-state index >= 15 is 0 Å². The second-order valence-corrected chi connectivity index (χ2v) is 6.66. The van der Waals surface area contributed by atoms with Gasteiger partial charge in [-0.15, -0.1) is 10.2 Å². The van der Waals surface area contributed by atoms with E-state index in [0.29, 0.717) is 5.92 Å². The average molecular weight is 311 g/mol. The molecule has 1 aliphatic carbocycles. The Morgan fingerprint density at radius 1 is 1.24 bits per heavy atom. The minimum Gasteiger partial charge on any atom is -0.481 e. The largest absolute Gasteiger partial charge is 0.481 e. The van der Waals surface area contributed by atoms with Gasteiger partial charge in [-0.3, -0.25) is 4.79 Å². The van der Waals surface area contributed by atoms with Crippen LogP contribution in [0.25, 0.3) is 0 Å². The highest BCUT2D eigenvalue weighted by molar-refractivity contribution is 7.99. The van der Waals surface area contributed by atoms with Gasteiger partial charge in [0.1, 0.15) is 5.82 Å². The van der Waals surface area contributed by atoms with Gasteiger partial charge in [0.25, 0.3) is 0 Å². The van der Waals surface area contributed by atoms with Gasteiger partial charge in [0.2, 0.25) is 0 Å². The number of carboxylic acids is 1. The van der Waals surface area contributed by atoms with Gasteiger partial charge in [-0.25, -0.2) is 0 Å². The fourth-order valence-corrected chi connectivity index (χ4v) is 3.67. The molecular weight excluding hydrogens is 286 g/mol. The lowest BCUT2D eigenvalue weighted by molar-refractivity contribution is -0.133. The molecule has 0 spiro atoms. The molecule has 0 bridgehead atoms. The van der Waals surface area contributed by atoms with Gasteiger partial charge in [0.15, 0.2) is 5.16 Å². The zero-order valence-corrected chi connectivity index (χ0v) is 13.6. The number of nitrogens with zero attached hydrogens (tertiary/aromatic N) is 3. The quantitative estimate of drug-likeness (QED) is 0.811. The molecule has 1 heterocycles. The van der Waals surface area contributed by atoms with E-state index < -0.39 is 5.97 Å². The van der Waals surface area contributed by atoms with Crippen molar-refractivity contribution in [2.75, 3.05) is 5.75 Å². The summed E-state index contributed by atoms with van der Waals surface area (Å²) < 4.78 is 2.15. The molecular formula is C15H25N3O2S. The molecule has 1 aromatic heterocycles. The fourth-order valence-electron chi connectivity index (χ4n) is 2.98. The number of thioether (sulfide) groups is 1. The summed E-state index contributed by atoms with van der Waals surface area (Å²) in [5.41, 5.74) is 0. The number of aromatic nitrogens is 3. The van der Waals surface area contributed by atoms with Crippen LogP contribution in [0.5, 0.6) is 0 Å². The van der Waals surface area contributed by atoms with Crippen LogP contribution in [0.3, 0.4) is 0 Å². The van der Waals surface area contributed by atoms with E-state index in [0.717, 1.165) is 23.9 Å². The topological polar surface area (TPSA) is 68.0 Å². The summed E-state index contributed by atoms with van der Waals surface area (Å²) in [4.78, 5) is 10.8. The Bertz CT molecular complexity index is 454. The molecule has 0 radical (unpaired) electrons. The van der Waals surface area contributed by atoms with Crippen molar-refractivity contribution >= 4 is 17.7 Å². The molecule has 0 atom stereocenters. The third-order valence-electron chi connectivity index (χ3n) is 3.99. The van der Waals surface area contributed by atoms with Gasteiger partial charge >= 0.3 is 5.97 Å². The normalized spacial score (nSPS) is 17.4. The molecule has 0 aromatic carbocycles. The lowest BCUT2D eigenvalue weighted by atomic mass is 9.90. The molecule has 1 fully saturated rings. The molecule has 1 aliphatic rings. The Kier molecular flexibility index (Phi) is 6.54. The van der Waals surface area contributed by atoms with Gasteiger partial charge in [-0.05, 0) is 19.3 Å². The van der Waals surface area contributed by atoms with E-state index in [1.165, 1.54) is 56.7 Å². The minimum atomic E-state index is -0.807. The highest BCUT2D eigenvalue weighted by atomic mass is 32.2. The molecule has 0 unspecified atom stereocenters. The summed E-state index contributed by atoms with van der Waals surface area (Å²) in [7, 11) is 0. The van der Waals surface area contributed by atoms with Crippen molar-refractivity contribution in [1.82, 2.24) is 14.8 Å². The summed E-state index contributed by atoms with van der Waals surface area (Å²) in [5.74, 6) is 0.806. The number of hydrogen-bond acceptors (Lipinski definition) is 4. The first-order valence-corrected chi connectivity index (χ1v) is 8.98. The molecule has 118 valence electrons. The maximum Gasteiger partial charge on any atom is 0.313 e. The number of carboxylic acid groups (broad SMARTS) is 1.